The SMILES string of the molecule is CC(=O)CC1CCCN1C(=O)c1ccc(Cl)cc1F. The maximum atomic E-state index is 13.7. The summed E-state index contributed by atoms with van der Waals surface area (Å²) in [5.41, 5.74) is 0.0138. The number of hydrogen-bond donors (Lipinski definition) is 0. The molecule has 19 heavy (non-hydrogen) atoms. The van der Waals surface area contributed by atoms with E-state index >= 15 is 0 Å². The molecule has 0 radical (unpaired) electrons. The minimum absolute atomic E-state index is 0.0138. The molecule has 1 aromatic carbocycles. The highest BCUT2D eigenvalue weighted by atomic mass is 35.5. The van der Waals surface area contributed by atoms with Crippen molar-refractivity contribution in [1.82, 2.24) is 4.90 Å². The van der Waals surface area contributed by atoms with Crippen molar-refractivity contribution in [3.05, 3.63) is 34.6 Å². The van der Waals surface area contributed by atoms with Crippen LogP contribution in [-0.2, 0) is 4.79 Å². The molecule has 1 aliphatic rings. The third kappa shape index (κ3) is 3.13. The quantitative estimate of drug-likeness (QED) is 0.855. The van der Waals surface area contributed by atoms with E-state index in [0.29, 0.717) is 13.0 Å². The van der Waals surface area contributed by atoms with E-state index in [1.165, 1.54) is 19.1 Å². The van der Waals surface area contributed by atoms with Gasteiger partial charge in [0.05, 0.1) is 5.56 Å². The van der Waals surface area contributed by atoms with Gasteiger partial charge < -0.3 is 4.90 Å². The van der Waals surface area contributed by atoms with Gasteiger partial charge in [0.25, 0.3) is 5.91 Å². The van der Waals surface area contributed by atoms with E-state index in [9.17, 15) is 14.0 Å². The number of amides is 1. The molecule has 1 saturated heterocycles. The van der Waals surface area contributed by atoms with E-state index in [-0.39, 0.29) is 28.3 Å². The third-order valence-electron chi connectivity index (χ3n) is 3.32. The second kappa shape index (κ2) is 5.70. The molecule has 5 heteroatoms. The fraction of sp³-hybridized carbons (Fsp3) is 0.429. The summed E-state index contributed by atoms with van der Waals surface area (Å²) in [5.74, 6) is -0.940. The van der Waals surface area contributed by atoms with Crippen LogP contribution in [0.1, 0.15) is 36.5 Å². The van der Waals surface area contributed by atoms with Gasteiger partial charge in [-0.15, -0.1) is 0 Å². The van der Waals surface area contributed by atoms with Crippen molar-refractivity contribution in [3.63, 3.8) is 0 Å². The van der Waals surface area contributed by atoms with Crippen molar-refractivity contribution in [1.29, 1.82) is 0 Å². The van der Waals surface area contributed by atoms with Gasteiger partial charge in [0.15, 0.2) is 0 Å². The lowest BCUT2D eigenvalue weighted by molar-refractivity contribution is -0.117. The van der Waals surface area contributed by atoms with Gasteiger partial charge in [-0.05, 0) is 38.0 Å². The molecule has 1 heterocycles. The molecule has 1 fully saturated rings. The van der Waals surface area contributed by atoms with Crippen molar-refractivity contribution < 1.29 is 14.0 Å². The van der Waals surface area contributed by atoms with Crippen molar-refractivity contribution in [2.75, 3.05) is 6.54 Å². The Hall–Kier alpha value is -1.42. The lowest BCUT2D eigenvalue weighted by Crippen LogP contribution is -2.37. The van der Waals surface area contributed by atoms with Crippen molar-refractivity contribution >= 4 is 23.3 Å². The lowest BCUT2D eigenvalue weighted by Gasteiger charge is -2.24. The zero-order valence-corrected chi connectivity index (χ0v) is 11.4. The number of likely N-dealkylation sites (tertiary alicyclic amines) is 1. The lowest BCUT2D eigenvalue weighted by atomic mass is 10.1. The van der Waals surface area contributed by atoms with Gasteiger partial charge >= 0.3 is 0 Å². The van der Waals surface area contributed by atoms with E-state index in [1.807, 2.05) is 0 Å². The first kappa shape index (κ1) is 14.0. The predicted molar refractivity (Wildman–Crippen MR) is 70.8 cm³/mol. The molecule has 1 unspecified atom stereocenters. The fourth-order valence-electron chi connectivity index (χ4n) is 2.46. The molecule has 1 aliphatic heterocycles. The Morgan fingerprint density at radius 2 is 2.21 bits per heavy atom. The minimum atomic E-state index is -0.619. The molecule has 0 aromatic heterocycles. The van der Waals surface area contributed by atoms with E-state index in [0.717, 1.165) is 18.9 Å². The first-order chi connectivity index (χ1) is 8.99. The Balaban J connectivity index is 2.20. The highest BCUT2D eigenvalue weighted by Crippen LogP contribution is 2.24. The molecule has 1 amide bonds. The highest BCUT2D eigenvalue weighted by molar-refractivity contribution is 6.30. The summed E-state index contributed by atoms with van der Waals surface area (Å²) >= 11 is 5.67. The second-order valence-corrected chi connectivity index (χ2v) is 5.26. The van der Waals surface area contributed by atoms with Crippen LogP contribution < -0.4 is 0 Å². The molecular weight excluding hydrogens is 269 g/mol. The molecule has 3 nitrogen and oxygen atoms in total. The number of hydrogen-bond acceptors (Lipinski definition) is 2. The monoisotopic (exact) mass is 283 g/mol. The van der Waals surface area contributed by atoms with Crippen LogP contribution in [0.15, 0.2) is 18.2 Å². The number of rotatable bonds is 3. The molecule has 0 spiro atoms. The molecule has 2 rings (SSSR count). The predicted octanol–water partition coefficient (Wildman–Crippen LogP) is 3.06. The smallest absolute Gasteiger partial charge is 0.257 e. The van der Waals surface area contributed by atoms with E-state index in [2.05, 4.69) is 0 Å². The Morgan fingerprint density at radius 3 is 2.84 bits per heavy atom. The summed E-state index contributed by atoms with van der Waals surface area (Å²) < 4.78 is 13.7. The molecule has 0 N–H and O–H groups in total. The van der Waals surface area contributed by atoms with Crippen LogP contribution in [0.25, 0.3) is 0 Å². The van der Waals surface area contributed by atoms with Gasteiger partial charge in [0.1, 0.15) is 11.6 Å². The second-order valence-electron chi connectivity index (χ2n) is 4.82. The van der Waals surface area contributed by atoms with Gasteiger partial charge in [-0.1, -0.05) is 11.6 Å². The summed E-state index contributed by atoms with van der Waals surface area (Å²) in [6, 6.07) is 3.90. The topological polar surface area (TPSA) is 37.4 Å². The zero-order valence-electron chi connectivity index (χ0n) is 10.7. The zero-order chi connectivity index (χ0) is 14.0. The summed E-state index contributed by atoms with van der Waals surface area (Å²) in [7, 11) is 0. The van der Waals surface area contributed by atoms with E-state index in [4.69, 9.17) is 11.6 Å². The van der Waals surface area contributed by atoms with Crippen molar-refractivity contribution in [2.45, 2.75) is 32.2 Å². The van der Waals surface area contributed by atoms with Crippen LogP contribution in [0.5, 0.6) is 0 Å². The maximum absolute atomic E-state index is 13.7. The van der Waals surface area contributed by atoms with Crippen molar-refractivity contribution in [2.24, 2.45) is 0 Å². The highest BCUT2D eigenvalue weighted by Gasteiger charge is 2.31. The largest absolute Gasteiger partial charge is 0.335 e. The number of Topliss-reactive ketones (excluding diaryl/α,β-unsaturated/α-hetero) is 1. The average molecular weight is 284 g/mol. The number of carbonyl (C=O) groups excluding carboxylic acids is 2. The number of nitrogens with zero attached hydrogens (tertiary/aromatic N) is 1. The van der Waals surface area contributed by atoms with E-state index in [1.54, 1.807) is 4.90 Å². The van der Waals surface area contributed by atoms with Gasteiger partial charge in [-0.25, -0.2) is 4.39 Å². The van der Waals surface area contributed by atoms with E-state index < -0.39 is 5.82 Å². The molecule has 1 aromatic rings. The minimum Gasteiger partial charge on any atom is -0.335 e. The maximum Gasteiger partial charge on any atom is 0.257 e. The molecule has 1 atom stereocenters. The molecule has 102 valence electrons. The van der Waals surface area contributed by atoms with Crippen LogP contribution in [0.3, 0.4) is 0 Å². The summed E-state index contributed by atoms with van der Waals surface area (Å²) in [5, 5.41) is 0.260. The first-order valence-corrected chi connectivity index (χ1v) is 6.62. The van der Waals surface area contributed by atoms with Crippen LogP contribution in [-0.4, -0.2) is 29.2 Å². The summed E-state index contributed by atoms with van der Waals surface area (Å²) in [6.45, 7) is 2.07. The Bertz CT molecular complexity index is 518. The summed E-state index contributed by atoms with van der Waals surface area (Å²) in [4.78, 5) is 25.1. The summed E-state index contributed by atoms with van der Waals surface area (Å²) in [6.07, 6.45) is 1.97. The van der Waals surface area contributed by atoms with Gasteiger partial charge in [-0.2, -0.15) is 0 Å². The van der Waals surface area contributed by atoms with Crippen LogP contribution >= 0.6 is 11.6 Å². The Labute approximate surface area is 116 Å². The molecule has 0 saturated carbocycles. The average Bonchev–Trinajstić information content (AvgIpc) is 2.75. The van der Waals surface area contributed by atoms with Crippen molar-refractivity contribution in [3.8, 4) is 0 Å². The van der Waals surface area contributed by atoms with Gasteiger partial charge in [-0.3, -0.25) is 9.59 Å². The molecule has 0 bridgehead atoms. The third-order valence-corrected chi connectivity index (χ3v) is 3.56. The first-order valence-electron chi connectivity index (χ1n) is 6.24. The number of ketones is 1. The molecular formula is C14H15ClFNO2. The van der Waals surface area contributed by atoms with Crippen LogP contribution in [0.4, 0.5) is 4.39 Å². The Morgan fingerprint density at radius 1 is 1.47 bits per heavy atom. The fourth-order valence-corrected chi connectivity index (χ4v) is 2.62. The number of carbonyl (C=O) groups is 2. The van der Waals surface area contributed by atoms with Gasteiger partial charge in [0.2, 0.25) is 0 Å². The van der Waals surface area contributed by atoms with Crippen LogP contribution in [0, 0.1) is 5.82 Å². The molecule has 0 aliphatic carbocycles. The number of halogens is 2. The van der Waals surface area contributed by atoms with Crippen LogP contribution in [0.2, 0.25) is 5.02 Å². The van der Waals surface area contributed by atoms with Gasteiger partial charge in [0, 0.05) is 24.0 Å². The normalized spacial score (nSPS) is 18.7. The standard InChI is InChI=1S/C14H15ClFNO2/c1-9(18)7-11-3-2-6-17(11)14(19)12-5-4-10(15)8-13(12)16/h4-5,8,11H,2-3,6-7H2,1H3. The number of benzene rings is 1. The Kier molecular flexibility index (Phi) is 4.20.